The fourth-order valence-electron chi connectivity index (χ4n) is 4.24. The minimum absolute atomic E-state index is 0.483. The number of methoxy groups -OCH3 is 1. The van der Waals surface area contributed by atoms with Gasteiger partial charge in [-0.1, -0.05) is 26.2 Å². The first-order chi connectivity index (χ1) is 9.13. The molecule has 1 aliphatic carbocycles. The topological polar surface area (TPSA) is 12.5 Å². The summed E-state index contributed by atoms with van der Waals surface area (Å²) in [5.41, 5.74) is 0. The van der Waals surface area contributed by atoms with Crippen molar-refractivity contribution in [2.24, 2.45) is 11.8 Å². The van der Waals surface area contributed by atoms with E-state index in [0.717, 1.165) is 11.8 Å². The molecule has 2 fully saturated rings. The summed E-state index contributed by atoms with van der Waals surface area (Å²) in [5.74, 6) is 1.97. The van der Waals surface area contributed by atoms with Crippen LogP contribution >= 0.6 is 0 Å². The van der Waals surface area contributed by atoms with Crippen LogP contribution in [0.25, 0.3) is 0 Å². The van der Waals surface area contributed by atoms with E-state index in [9.17, 15) is 0 Å². The van der Waals surface area contributed by atoms with E-state index in [0.29, 0.717) is 18.2 Å². The molecule has 2 aliphatic rings. The Morgan fingerprint density at radius 3 is 1.95 bits per heavy atom. The summed E-state index contributed by atoms with van der Waals surface area (Å²) in [4.78, 5) is 2.76. The van der Waals surface area contributed by atoms with Gasteiger partial charge in [0, 0.05) is 25.7 Å². The predicted molar refractivity (Wildman–Crippen MR) is 81.4 cm³/mol. The zero-order valence-corrected chi connectivity index (χ0v) is 13.4. The third-order valence-corrected chi connectivity index (χ3v) is 5.69. The van der Waals surface area contributed by atoms with Crippen LogP contribution < -0.4 is 0 Å². The molecule has 0 bridgehead atoms. The lowest BCUT2D eigenvalue weighted by Gasteiger charge is -2.44. The van der Waals surface area contributed by atoms with Crippen molar-refractivity contribution in [1.82, 2.24) is 4.90 Å². The summed E-state index contributed by atoms with van der Waals surface area (Å²) in [6, 6.07) is 1.38. The van der Waals surface area contributed by atoms with Gasteiger partial charge in [-0.15, -0.1) is 0 Å². The first-order valence-electron chi connectivity index (χ1n) is 8.42. The third-order valence-electron chi connectivity index (χ3n) is 5.69. The van der Waals surface area contributed by atoms with Gasteiger partial charge < -0.3 is 4.74 Å². The van der Waals surface area contributed by atoms with Crippen LogP contribution in [0.2, 0.25) is 0 Å². The second-order valence-corrected chi connectivity index (χ2v) is 7.02. The van der Waals surface area contributed by atoms with E-state index in [4.69, 9.17) is 4.74 Å². The Kier molecular flexibility index (Phi) is 5.70. The Labute approximate surface area is 119 Å². The van der Waals surface area contributed by atoms with Crippen molar-refractivity contribution in [2.45, 2.75) is 83.9 Å². The molecule has 1 aliphatic heterocycles. The smallest absolute Gasteiger partial charge is 0.0601 e. The second kappa shape index (κ2) is 7.08. The van der Waals surface area contributed by atoms with Crippen molar-refractivity contribution in [3.05, 3.63) is 0 Å². The summed E-state index contributed by atoms with van der Waals surface area (Å²) in [6.07, 6.45) is 10.2. The predicted octanol–water partition coefficient (Wildman–Crippen LogP) is 4.09. The van der Waals surface area contributed by atoms with Gasteiger partial charge in [0.05, 0.1) is 6.10 Å². The van der Waals surface area contributed by atoms with Gasteiger partial charge in [0.1, 0.15) is 0 Å². The van der Waals surface area contributed by atoms with Gasteiger partial charge in [-0.25, -0.2) is 0 Å². The molecule has 0 aromatic heterocycles. The van der Waals surface area contributed by atoms with E-state index < -0.39 is 0 Å². The fourth-order valence-corrected chi connectivity index (χ4v) is 4.24. The zero-order chi connectivity index (χ0) is 13.8. The van der Waals surface area contributed by atoms with Gasteiger partial charge >= 0.3 is 0 Å². The third kappa shape index (κ3) is 3.95. The van der Waals surface area contributed by atoms with E-state index in [2.05, 4.69) is 25.7 Å². The molecule has 2 nitrogen and oxygen atoms in total. The SMILES string of the molecule is CCC1CCC(CN2[C@H](C)CC(OC)C[C@H]2C)CC1. The number of ether oxygens (including phenoxy) is 1. The Hall–Kier alpha value is -0.0800. The second-order valence-electron chi connectivity index (χ2n) is 7.02. The van der Waals surface area contributed by atoms with Crippen molar-refractivity contribution in [3.63, 3.8) is 0 Å². The van der Waals surface area contributed by atoms with E-state index in [-0.39, 0.29) is 0 Å². The number of nitrogens with zero attached hydrogens (tertiary/aromatic N) is 1. The lowest BCUT2D eigenvalue weighted by molar-refractivity contribution is -0.0206. The highest BCUT2D eigenvalue weighted by atomic mass is 16.5. The van der Waals surface area contributed by atoms with Crippen LogP contribution in [0.3, 0.4) is 0 Å². The Morgan fingerprint density at radius 1 is 0.947 bits per heavy atom. The molecule has 2 rings (SSSR count). The maximum Gasteiger partial charge on any atom is 0.0601 e. The number of hydrogen-bond acceptors (Lipinski definition) is 2. The molecule has 0 aromatic rings. The van der Waals surface area contributed by atoms with E-state index >= 15 is 0 Å². The van der Waals surface area contributed by atoms with Crippen molar-refractivity contribution in [3.8, 4) is 0 Å². The summed E-state index contributed by atoms with van der Waals surface area (Å²) in [5, 5.41) is 0. The lowest BCUT2D eigenvalue weighted by atomic mass is 9.80. The molecule has 1 saturated heterocycles. The molecule has 19 heavy (non-hydrogen) atoms. The molecule has 2 atom stereocenters. The van der Waals surface area contributed by atoms with Crippen molar-refractivity contribution < 1.29 is 4.74 Å². The Balaban J connectivity index is 1.82. The minimum Gasteiger partial charge on any atom is -0.381 e. The van der Waals surface area contributed by atoms with E-state index in [1.165, 1.54) is 51.5 Å². The van der Waals surface area contributed by atoms with Crippen LogP contribution in [-0.4, -0.2) is 36.7 Å². The molecular formula is C17H33NO. The van der Waals surface area contributed by atoms with Crippen molar-refractivity contribution in [2.75, 3.05) is 13.7 Å². The first kappa shape index (κ1) is 15.3. The molecule has 0 N–H and O–H groups in total. The number of hydrogen-bond donors (Lipinski definition) is 0. The van der Waals surface area contributed by atoms with Gasteiger partial charge in [-0.3, -0.25) is 4.90 Å². The maximum absolute atomic E-state index is 5.57. The molecule has 0 aromatic carbocycles. The summed E-state index contributed by atoms with van der Waals surface area (Å²) in [6.45, 7) is 8.46. The molecule has 1 heterocycles. The van der Waals surface area contributed by atoms with E-state index in [1.54, 1.807) is 0 Å². The Bertz CT molecular complexity index is 248. The molecule has 0 radical (unpaired) electrons. The highest BCUT2D eigenvalue weighted by molar-refractivity contribution is 4.87. The molecule has 112 valence electrons. The number of likely N-dealkylation sites (tertiary alicyclic amines) is 1. The van der Waals surface area contributed by atoms with Crippen LogP contribution in [0, 0.1) is 11.8 Å². The quantitative estimate of drug-likeness (QED) is 0.760. The average Bonchev–Trinajstić information content (AvgIpc) is 2.43. The minimum atomic E-state index is 0.483. The maximum atomic E-state index is 5.57. The standard InChI is InChI=1S/C17H33NO/c1-5-15-6-8-16(9-7-15)12-18-13(2)10-17(19-4)11-14(18)3/h13-17H,5-12H2,1-4H3/t13-,14-,15?,16?/m1/s1. The molecule has 1 saturated carbocycles. The summed E-state index contributed by atoms with van der Waals surface area (Å²) in [7, 11) is 1.87. The van der Waals surface area contributed by atoms with E-state index in [1.807, 2.05) is 7.11 Å². The van der Waals surface area contributed by atoms with Crippen LogP contribution in [0.1, 0.15) is 65.7 Å². The summed E-state index contributed by atoms with van der Waals surface area (Å²) < 4.78 is 5.57. The van der Waals surface area contributed by atoms with Crippen LogP contribution in [0.5, 0.6) is 0 Å². The molecule has 2 heteroatoms. The van der Waals surface area contributed by atoms with Crippen LogP contribution in [-0.2, 0) is 4.74 Å². The fraction of sp³-hybridized carbons (Fsp3) is 1.00. The monoisotopic (exact) mass is 267 g/mol. The molecule has 0 spiro atoms. The van der Waals surface area contributed by atoms with Crippen molar-refractivity contribution >= 4 is 0 Å². The highest BCUT2D eigenvalue weighted by Crippen LogP contribution is 2.33. The molecule has 0 unspecified atom stereocenters. The molecule has 0 amide bonds. The normalized spacial score (nSPS) is 41.4. The van der Waals surface area contributed by atoms with Gasteiger partial charge in [0.15, 0.2) is 0 Å². The largest absolute Gasteiger partial charge is 0.381 e. The zero-order valence-electron chi connectivity index (χ0n) is 13.4. The first-order valence-corrected chi connectivity index (χ1v) is 8.42. The van der Waals surface area contributed by atoms with Crippen molar-refractivity contribution in [1.29, 1.82) is 0 Å². The molecular weight excluding hydrogens is 234 g/mol. The highest BCUT2D eigenvalue weighted by Gasteiger charge is 2.32. The van der Waals surface area contributed by atoms with Crippen LogP contribution in [0.15, 0.2) is 0 Å². The average molecular weight is 267 g/mol. The summed E-state index contributed by atoms with van der Waals surface area (Å²) >= 11 is 0. The Morgan fingerprint density at radius 2 is 1.47 bits per heavy atom. The van der Waals surface area contributed by atoms with Crippen LogP contribution in [0.4, 0.5) is 0 Å². The lowest BCUT2D eigenvalue weighted by Crippen LogP contribution is -2.50. The number of piperidine rings is 1. The van der Waals surface area contributed by atoms with Gasteiger partial charge in [-0.05, 0) is 51.4 Å². The number of rotatable bonds is 4. The van der Waals surface area contributed by atoms with Gasteiger partial charge in [0.25, 0.3) is 0 Å². The van der Waals surface area contributed by atoms with Gasteiger partial charge in [0.2, 0.25) is 0 Å². The van der Waals surface area contributed by atoms with Gasteiger partial charge in [-0.2, -0.15) is 0 Å².